The van der Waals surface area contributed by atoms with Gasteiger partial charge < -0.3 is 10.1 Å². The van der Waals surface area contributed by atoms with Gasteiger partial charge >= 0.3 is 6.09 Å². The van der Waals surface area contributed by atoms with Crippen molar-refractivity contribution < 1.29 is 19.1 Å². The third-order valence-corrected chi connectivity index (χ3v) is 5.27. The average molecular weight is 352 g/mol. The zero-order chi connectivity index (χ0) is 17.5. The predicted molar refractivity (Wildman–Crippen MR) is 93.6 cm³/mol. The van der Waals surface area contributed by atoms with Crippen molar-refractivity contribution in [1.29, 1.82) is 0 Å². The molecule has 132 valence electrons. The number of ether oxygens (including phenoxy) is 1. The minimum Gasteiger partial charge on any atom is -0.453 e. The minimum atomic E-state index is -0.795. The number of alkyl carbamates (subject to hydrolysis) is 1. The molecule has 0 atom stereocenters. The molecule has 0 saturated carbocycles. The van der Waals surface area contributed by atoms with Crippen LogP contribution in [0.5, 0.6) is 0 Å². The first kappa shape index (κ1) is 18.4. The molecule has 2 rings (SSSR count). The number of imide groups is 1. The van der Waals surface area contributed by atoms with E-state index < -0.39 is 12.0 Å². The van der Waals surface area contributed by atoms with Crippen LogP contribution in [0, 0.1) is 0 Å². The number of hydrogen-bond acceptors (Lipinski definition) is 5. The van der Waals surface area contributed by atoms with Crippen LogP contribution < -0.4 is 10.6 Å². The third kappa shape index (κ3) is 4.56. The van der Waals surface area contributed by atoms with Crippen LogP contribution >= 0.6 is 11.3 Å². The molecule has 0 fully saturated rings. The van der Waals surface area contributed by atoms with E-state index in [2.05, 4.69) is 15.4 Å². The number of unbranched alkanes of at least 4 members (excludes halogenated alkanes) is 1. The van der Waals surface area contributed by atoms with Gasteiger partial charge in [0.1, 0.15) is 5.00 Å². The summed E-state index contributed by atoms with van der Waals surface area (Å²) in [5.41, 5.74) is 1.39. The first-order chi connectivity index (χ1) is 11.6. The molecule has 1 aromatic heterocycles. The molecule has 0 radical (unpaired) electrons. The molecule has 1 aliphatic carbocycles. The number of carbonyl (C=O) groups excluding carboxylic acids is 3. The molecule has 1 aromatic rings. The van der Waals surface area contributed by atoms with Crippen molar-refractivity contribution in [3.63, 3.8) is 0 Å². The van der Waals surface area contributed by atoms with Crippen molar-refractivity contribution in [2.45, 2.75) is 58.3 Å². The molecule has 7 heteroatoms. The Labute approximate surface area is 146 Å². The number of methoxy groups -OCH3 is 1. The molecule has 0 bridgehead atoms. The van der Waals surface area contributed by atoms with Crippen LogP contribution in [-0.4, -0.2) is 25.0 Å². The molecule has 0 spiro atoms. The van der Waals surface area contributed by atoms with Gasteiger partial charge in [0, 0.05) is 11.3 Å². The normalized spacial score (nSPS) is 13.6. The van der Waals surface area contributed by atoms with Gasteiger partial charge in [-0.25, -0.2) is 4.79 Å². The molecule has 24 heavy (non-hydrogen) atoms. The second kappa shape index (κ2) is 8.82. The largest absolute Gasteiger partial charge is 0.453 e. The zero-order valence-electron chi connectivity index (χ0n) is 14.2. The lowest BCUT2D eigenvalue weighted by Crippen LogP contribution is -2.31. The van der Waals surface area contributed by atoms with Gasteiger partial charge in [-0.2, -0.15) is 0 Å². The van der Waals surface area contributed by atoms with Gasteiger partial charge in [0.05, 0.1) is 12.7 Å². The summed E-state index contributed by atoms with van der Waals surface area (Å²) in [6.45, 7) is 2.02. The Balaban J connectivity index is 2.29. The van der Waals surface area contributed by atoms with E-state index in [9.17, 15) is 14.4 Å². The monoisotopic (exact) mass is 352 g/mol. The quantitative estimate of drug-likeness (QED) is 0.792. The summed E-state index contributed by atoms with van der Waals surface area (Å²) in [6.07, 6.45) is 6.28. The summed E-state index contributed by atoms with van der Waals surface area (Å²) < 4.78 is 4.51. The lowest BCUT2D eigenvalue weighted by molar-refractivity contribution is -0.116. The summed E-state index contributed by atoms with van der Waals surface area (Å²) in [6, 6.07) is 0. The standard InChI is InChI=1S/C17H24N2O4S/c1-3-4-10-13(20)18-16-14(15(21)19-17(22)23-2)11-8-6-5-7-9-12(11)24-16/h3-10H2,1-2H3,(H,18,20)(H,19,21,22). The summed E-state index contributed by atoms with van der Waals surface area (Å²) in [7, 11) is 1.21. The SMILES string of the molecule is CCCCC(=O)Nc1sc2c(c1C(=O)NC(=O)OC)CCCCC2. The van der Waals surface area contributed by atoms with Gasteiger partial charge in [-0.05, 0) is 37.7 Å². The number of carbonyl (C=O) groups is 3. The smallest absolute Gasteiger partial charge is 0.413 e. The van der Waals surface area contributed by atoms with E-state index in [-0.39, 0.29) is 5.91 Å². The molecular weight excluding hydrogens is 328 g/mol. The summed E-state index contributed by atoms with van der Waals surface area (Å²) >= 11 is 1.46. The highest BCUT2D eigenvalue weighted by Gasteiger charge is 2.26. The summed E-state index contributed by atoms with van der Waals surface area (Å²) in [5.74, 6) is -0.604. The molecule has 2 N–H and O–H groups in total. The third-order valence-electron chi connectivity index (χ3n) is 4.06. The molecule has 1 aliphatic rings. The Morgan fingerprint density at radius 1 is 1.17 bits per heavy atom. The number of rotatable bonds is 5. The lowest BCUT2D eigenvalue weighted by atomic mass is 10.0. The molecule has 0 aromatic carbocycles. The number of hydrogen-bond donors (Lipinski definition) is 2. The van der Waals surface area contributed by atoms with E-state index in [0.29, 0.717) is 17.0 Å². The van der Waals surface area contributed by atoms with Gasteiger partial charge in [0.25, 0.3) is 5.91 Å². The van der Waals surface area contributed by atoms with E-state index in [4.69, 9.17) is 0 Å². The second-order valence-electron chi connectivity index (χ2n) is 5.87. The highest BCUT2D eigenvalue weighted by Crippen LogP contribution is 2.37. The predicted octanol–water partition coefficient (Wildman–Crippen LogP) is 3.64. The average Bonchev–Trinajstić information content (AvgIpc) is 2.73. The van der Waals surface area contributed by atoms with E-state index in [0.717, 1.165) is 55.4 Å². The highest BCUT2D eigenvalue weighted by atomic mass is 32.1. The van der Waals surface area contributed by atoms with Crippen molar-refractivity contribution >= 4 is 34.2 Å². The molecule has 1 heterocycles. The van der Waals surface area contributed by atoms with Crippen molar-refractivity contribution in [2.24, 2.45) is 0 Å². The van der Waals surface area contributed by atoms with Gasteiger partial charge in [-0.3, -0.25) is 14.9 Å². The molecule has 3 amide bonds. The van der Waals surface area contributed by atoms with Crippen LogP contribution in [0.15, 0.2) is 0 Å². The highest BCUT2D eigenvalue weighted by molar-refractivity contribution is 7.17. The van der Waals surface area contributed by atoms with Crippen LogP contribution in [-0.2, 0) is 22.4 Å². The Kier molecular flexibility index (Phi) is 6.78. The maximum atomic E-state index is 12.5. The number of nitrogens with one attached hydrogen (secondary N) is 2. The van der Waals surface area contributed by atoms with Crippen LogP contribution in [0.2, 0.25) is 0 Å². The molecule has 0 saturated heterocycles. The fourth-order valence-electron chi connectivity index (χ4n) is 2.80. The molecule has 6 nitrogen and oxygen atoms in total. The van der Waals surface area contributed by atoms with E-state index in [1.54, 1.807) is 0 Å². The van der Waals surface area contributed by atoms with E-state index >= 15 is 0 Å². The van der Waals surface area contributed by atoms with Crippen molar-refractivity contribution in [3.05, 3.63) is 16.0 Å². The Bertz CT molecular complexity index is 624. The van der Waals surface area contributed by atoms with Crippen molar-refractivity contribution in [1.82, 2.24) is 5.32 Å². The van der Waals surface area contributed by atoms with Gasteiger partial charge in [-0.1, -0.05) is 19.8 Å². The summed E-state index contributed by atoms with van der Waals surface area (Å²) in [4.78, 5) is 37.1. The van der Waals surface area contributed by atoms with Crippen molar-refractivity contribution in [3.8, 4) is 0 Å². The number of amides is 3. The Morgan fingerprint density at radius 2 is 1.92 bits per heavy atom. The van der Waals surface area contributed by atoms with E-state index in [1.807, 2.05) is 6.92 Å². The maximum absolute atomic E-state index is 12.5. The van der Waals surface area contributed by atoms with Crippen LogP contribution in [0.4, 0.5) is 9.80 Å². The minimum absolute atomic E-state index is 0.0969. The van der Waals surface area contributed by atoms with Crippen molar-refractivity contribution in [2.75, 3.05) is 12.4 Å². The first-order valence-electron chi connectivity index (χ1n) is 8.40. The fraction of sp³-hybridized carbons (Fsp3) is 0.588. The first-order valence-corrected chi connectivity index (χ1v) is 9.22. The number of thiophene rings is 1. The number of anilines is 1. The van der Waals surface area contributed by atoms with Crippen LogP contribution in [0.25, 0.3) is 0 Å². The number of aryl methyl sites for hydroxylation is 1. The fourth-order valence-corrected chi connectivity index (χ4v) is 4.11. The molecule has 0 unspecified atom stereocenters. The van der Waals surface area contributed by atoms with Gasteiger partial charge in [-0.15, -0.1) is 11.3 Å². The Hall–Kier alpha value is -1.89. The van der Waals surface area contributed by atoms with Crippen LogP contribution in [0.1, 0.15) is 66.2 Å². The van der Waals surface area contributed by atoms with Crippen LogP contribution in [0.3, 0.4) is 0 Å². The summed E-state index contributed by atoms with van der Waals surface area (Å²) in [5, 5.41) is 5.62. The molecular formula is C17H24N2O4S. The lowest BCUT2D eigenvalue weighted by Gasteiger charge is -2.08. The molecule has 0 aliphatic heterocycles. The number of fused-ring (bicyclic) bond motifs is 1. The topological polar surface area (TPSA) is 84.5 Å². The van der Waals surface area contributed by atoms with Gasteiger partial charge in [0.2, 0.25) is 5.91 Å². The Morgan fingerprint density at radius 3 is 2.62 bits per heavy atom. The second-order valence-corrected chi connectivity index (χ2v) is 6.97. The zero-order valence-corrected chi connectivity index (χ0v) is 15.0. The van der Waals surface area contributed by atoms with E-state index in [1.165, 1.54) is 18.4 Å². The maximum Gasteiger partial charge on any atom is 0.413 e. The van der Waals surface area contributed by atoms with Gasteiger partial charge in [0.15, 0.2) is 0 Å².